The summed E-state index contributed by atoms with van der Waals surface area (Å²) in [6.45, 7) is 3.50. The number of anilines is 2. The fourth-order valence-corrected chi connectivity index (χ4v) is 2.88. The number of nitrogens with zero attached hydrogens (tertiary/aromatic N) is 2. The average Bonchev–Trinajstić information content (AvgIpc) is 3.12. The zero-order chi connectivity index (χ0) is 22.2. The quantitative estimate of drug-likeness (QED) is 0.330. The zero-order valence-electron chi connectivity index (χ0n) is 17.5. The number of aromatic amines is 1. The van der Waals surface area contributed by atoms with Crippen molar-refractivity contribution in [2.45, 2.75) is 20.4 Å². The number of H-pyrrole nitrogens is 1. The van der Waals surface area contributed by atoms with Gasteiger partial charge in [0.05, 0.1) is 13.3 Å². The average molecular weight is 420 g/mol. The van der Waals surface area contributed by atoms with Gasteiger partial charge in [-0.1, -0.05) is 12.1 Å². The summed E-state index contributed by atoms with van der Waals surface area (Å²) in [6.07, 6.45) is 1.62. The van der Waals surface area contributed by atoms with Crippen LogP contribution in [0.25, 0.3) is 0 Å². The van der Waals surface area contributed by atoms with Crippen LogP contribution in [0.4, 0.5) is 11.5 Å². The number of benzene rings is 2. The van der Waals surface area contributed by atoms with Crippen LogP contribution >= 0.6 is 0 Å². The lowest BCUT2D eigenvalue weighted by atomic mass is 10.2. The third-order valence-electron chi connectivity index (χ3n) is 4.37. The Morgan fingerprint density at radius 3 is 2.68 bits per heavy atom. The molecule has 3 rings (SSSR count). The molecule has 0 aliphatic rings. The molecule has 0 atom stereocenters. The molecule has 3 aromatic rings. The van der Waals surface area contributed by atoms with Gasteiger partial charge in [0, 0.05) is 24.8 Å². The van der Waals surface area contributed by atoms with Crippen molar-refractivity contribution in [1.29, 1.82) is 0 Å². The molecule has 2 aromatic carbocycles. The Balaban J connectivity index is 1.63. The van der Waals surface area contributed by atoms with Gasteiger partial charge in [0.15, 0.2) is 5.82 Å². The van der Waals surface area contributed by atoms with E-state index in [2.05, 4.69) is 31.4 Å². The van der Waals surface area contributed by atoms with Crippen LogP contribution < -0.4 is 20.8 Å². The van der Waals surface area contributed by atoms with E-state index >= 15 is 0 Å². The first kappa shape index (κ1) is 21.6. The molecule has 31 heavy (non-hydrogen) atoms. The molecule has 9 heteroatoms. The Labute approximate surface area is 179 Å². The third-order valence-corrected chi connectivity index (χ3v) is 4.37. The summed E-state index contributed by atoms with van der Waals surface area (Å²) in [6, 6.07) is 14.7. The third kappa shape index (κ3) is 5.92. The van der Waals surface area contributed by atoms with Crippen LogP contribution in [0.15, 0.2) is 53.6 Å². The van der Waals surface area contributed by atoms with Gasteiger partial charge in [-0.2, -0.15) is 10.2 Å². The van der Waals surface area contributed by atoms with Crippen molar-refractivity contribution >= 4 is 29.5 Å². The van der Waals surface area contributed by atoms with E-state index in [1.165, 1.54) is 6.92 Å². The second-order valence-electron chi connectivity index (χ2n) is 6.78. The standard InChI is InChI=1S/C22H24N6O3/c1-14-20(22(30)23-12-17-5-4-6-18(11-17)25-15(2)29)21(28-26-14)27-24-13-16-7-9-19(31-3)10-8-16/h4-11,13H,12H2,1-3H3,(H,23,30)(H,25,29)(H2,26,27,28)/b24-13+. The first-order valence-corrected chi connectivity index (χ1v) is 9.59. The maximum Gasteiger partial charge on any atom is 0.257 e. The van der Waals surface area contributed by atoms with Gasteiger partial charge in [-0.15, -0.1) is 0 Å². The van der Waals surface area contributed by atoms with Crippen molar-refractivity contribution in [2.75, 3.05) is 17.9 Å². The number of aromatic nitrogens is 2. The Kier molecular flexibility index (Phi) is 7.00. The van der Waals surface area contributed by atoms with E-state index in [-0.39, 0.29) is 11.8 Å². The van der Waals surface area contributed by atoms with Crippen LogP contribution in [0.2, 0.25) is 0 Å². The summed E-state index contributed by atoms with van der Waals surface area (Å²) >= 11 is 0. The van der Waals surface area contributed by atoms with Crippen molar-refractivity contribution in [3.63, 3.8) is 0 Å². The number of carbonyl (C=O) groups is 2. The van der Waals surface area contributed by atoms with Crippen LogP contribution in [0, 0.1) is 6.92 Å². The van der Waals surface area contributed by atoms with Gasteiger partial charge >= 0.3 is 0 Å². The summed E-state index contributed by atoms with van der Waals surface area (Å²) in [5.41, 5.74) is 6.20. The molecule has 0 saturated carbocycles. The highest BCUT2D eigenvalue weighted by molar-refractivity contribution is 6.00. The topological polar surface area (TPSA) is 120 Å². The van der Waals surface area contributed by atoms with Gasteiger partial charge in [-0.05, 0) is 54.4 Å². The molecule has 0 radical (unpaired) electrons. The molecule has 160 valence electrons. The molecule has 0 bridgehead atoms. The number of carbonyl (C=O) groups excluding carboxylic acids is 2. The van der Waals surface area contributed by atoms with Crippen molar-refractivity contribution in [3.05, 3.63) is 70.9 Å². The number of methoxy groups -OCH3 is 1. The lowest BCUT2D eigenvalue weighted by Gasteiger charge is -2.08. The normalized spacial score (nSPS) is 10.7. The molecule has 9 nitrogen and oxygen atoms in total. The highest BCUT2D eigenvalue weighted by Gasteiger charge is 2.17. The monoisotopic (exact) mass is 420 g/mol. The van der Waals surface area contributed by atoms with Gasteiger partial charge in [-0.3, -0.25) is 20.1 Å². The predicted octanol–water partition coefficient (Wildman–Crippen LogP) is 3.06. The summed E-state index contributed by atoms with van der Waals surface area (Å²) in [7, 11) is 1.61. The Morgan fingerprint density at radius 1 is 1.19 bits per heavy atom. The summed E-state index contributed by atoms with van der Waals surface area (Å²) in [5.74, 6) is 0.640. The number of rotatable bonds is 8. The maximum atomic E-state index is 12.7. The number of hydrazone groups is 1. The molecular weight excluding hydrogens is 396 g/mol. The van der Waals surface area contributed by atoms with E-state index in [0.717, 1.165) is 16.9 Å². The first-order valence-electron chi connectivity index (χ1n) is 9.59. The largest absolute Gasteiger partial charge is 0.497 e. The van der Waals surface area contributed by atoms with E-state index in [1.54, 1.807) is 26.3 Å². The first-order chi connectivity index (χ1) is 15.0. The predicted molar refractivity (Wildman–Crippen MR) is 119 cm³/mol. The number of hydrogen-bond donors (Lipinski definition) is 4. The number of ether oxygens (including phenoxy) is 1. The molecule has 0 aliphatic heterocycles. The van der Waals surface area contributed by atoms with Crippen LogP contribution in [-0.4, -0.2) is 35.3 Å². The number of nitrogens with one attached hydrogen (secondary N) is 4. The van der Waals surface area contributed by atoms with Gasteiger partial charge < -0.3 is 15.4 Å². The highest BCUT2D eigenvalue weighted by atomic mass is 16.5. The molecule has 0 unspecified atom stereocenters. The Bertz CT molecular complexity index is 1090. The lowest BCUT2D eigenvalue weighted by molar-refractivity contribution is -0.114. The fraction of sp³-hybridized carbons (Fsp3) is 0.182. The second-order valence-corrected chi connectivity index (χ2v) is 6.78. The molecule has 0 fully saturated rings. The van der Waals surface area contributed by atoms with Crippen molar-refractivity contribution in [1.82, 2.24) is 15.5 Å². The van der Waals surface area contributed by atoms with E-state index < -0.39 is 0 Å². The van der Waals surface area contributed by atoms with E-state index in [9.17, 15) is 9.59 Å². The van der Waals surface area contributed by atoms with Crippen LogP contribution in [-0.2, 0) is 11.3 Å². The summed E-state index contributed by atoms with van der Waals surface area (Å²) in [4.78, 5) is 24.0. The highest BCUT2D eigenvalue weighted by Crippen LogP contribution is 2.17. The lowest BCUT2D eigenvalue weighted by Crippen LogP contribution is -2.24. The minimum absolute atomic E-state index is 0.152. The van der Waals surface area contributed by atoms with Crippen LogP contribution in [0.5, 0.6) is 5.75 Å². The van der Waals surface area contributed by atoms with Gasteiger partial charge in [0.2, 0.25) is 5.91 Å². The molecule has 1 aromatic heterocycles. The second kappa shape index (κ2) is 10.1. The maximum absolute atomic E-state index is 12.7. The van der Waals surface area contributed by atoms with Crippen molar-refractivity contribution in [3.8, 4) is 5.75 Å². The Hall–Kier alpha value is -4.14. The minimum Gasteiger partial charge on any atom is -0.497 e. The van der Waals surface area contributed by atoms with E-state index in [4.69, 9.17) is 4.74 Å². The smallest absolute Gasteiger partial charge is 0.257 e. The SMILES string of the molecule is COc1ccc(/C=N/Nc2n[nH]c(C)c2C(=O)NCc2cccc(NC(C)=O)c2)cc1. The molecule has 0 saturated heterocycles. The van der Waals surface area contributed by atoms with Crippen molar-refractivity contribution < 1.29 is 14.3 Å². The van der Waals surface area contributed by atoms with Gasteiger partial charge in [0.1, 0.15) is 11.3 Å². The van der Waals surface area contributed by atoms with Crippen LogP contribution in [0.1, 0.15) is 34.1 Å². The van der Waals surface area contributed by atoms with Crippen LogP contribution in [0.3, 0.4) is 0 Å². The molecule has 4 N–H and O–H groups in total. The molecule has 1 heterocycles. The van der Waals surface area contributed by atoms with Gasteiger partial charge in [-0.25, -0.2) is 0 Å². The fourth-order valence-electron chi connectivity index (χ4n) is 2.88. The molecular formula is C22H24N6O3. The van der Waals surface area contributed by atoms with E-state index in [0.29, 0.717) is 29.3 Å². The Morgan fingerprint density at radius 2 is 1.97 bits per heavy atom. The molecule has 0 spiro atoms. The number of aryl methyl sites for hydroxylation is 1. The molecule has 0 aliphatic carbocycles. The van der Waals surface area contributed by atoms with Crippen molar-refractivity contribution in [2.24, 2.45) is 5.10 Å². The molecule has 2 amide bonds. The van der Waals surface area contributed by atoms with Gasteiger partial charge in [0.25, 0.3) is 5.91 Å². The minimum atomic E-state index is -0.293. The van der Waals surface area contributed by atoms with E-state index in [1.807, 2.05) is 42.5 Å². The zero-order valence-corrected chi connectivity index (χ0v) is 17.5. The number of amides is 2. The summed E-state index contributed by atoms with van der Waals surface area (Å²) < 4.78 is 5.13. The summed E-state index contributed by atoms with van der Waals surface area (Å²) in [5, 5.41) is 16.7. The number of hydrogen-bond acceptors (Lipinski definition) is 6.